The maximum absolute atomic E-state index is 12.5. The Hall–Kier alpha value is -2.71. The molecule has 1 aromatic carbocycles. The standard InChI is InChI=1S/C19H23N5O2S/c1-2-5-13(20)19-24-16(10-27-19)18(26)23-15(17(21)25)8-11-9-22-14-7-4-3-6-12(11)14/h3-4,6-7,9-10,13,15,22H,2,5,8,20H2,1H3,(H2,21,25)(H,23,26). The van der Waals surface area contributed by atoms with Crippen LogP contribution in [0.1, 0.15) is 46.9 Å². The van der Waals surface area contributed by atoms with Crippen molar-refractivity contribution in [3.63, 3.8) is 0 Å². The first-order chi connectivity index (χ1) is 13.0. The third kappa shape index (κ3) is 4.35. The molecule has 7 nitrogen and oxygen atoms in total. The lowest BCUT2D eigenvalue weighted by Crippen LogP contribution is -2.46. The third-order valence-electron chi connectivity index (χ3n) is 4.42. The van der Waals surface area contributed by atoms with Gasteiger partial charge in [0.2, 0.25) is 5.91 Å². The Morgan fingerprint density at radius 3 is 2.85 bits per heavy atom. The molecular weight excluding hydrogens is 362 g/mol. The van der Waals surface area contributed by atoms with Crippen LogP contribution in [0.25, 0.3) is 10.9 Å². The highest BCUT2D eigenvalue weighted by molar-refractivity contribution is 7.09. The fraction of sp³-hybridized carbons (Fsp3) is 0.316. The number of nitrogens with zero attached hydrogens (tertiary/aromatic N) is 1. The Kier molecular flexibility index (Phi) is 5.88. The summed E-state index contributed by atoms with van der Waals surface area (Å²) in [6.07, 6.45) is 3.88. The lowest BCUT2D eigenvalue weighted by atomic mass is 10.0. The molecule has 27 heavy (non-hydrogen) atoms. The number of carbonyl (C=O) groups is 2. The van der Waals surface area contributed by atoms with Crippen LogP contribution in [0, 0.1) is 0 Å². The molecular formula is C19H23N5O2S. The van der Waals surface area contributed by atoms with Gasteiger partial charge in [-0.2, -0.15) is 0 Å². The van der Waals surface area contributed by atoms with E-state index in [4.69, 9.17) is 11.5 Å². The number of para-hydroxylation sites is 1. The summed E-state index contributed by atoms with van der Waals surface area (Å²) in [7, 11) is 0. The minimum Gasteiger partial charge on any atom is -0.368 e. The van der Waals surface area contributed by atoms with Gasteiger partial charge >= 0.3 is 0 Å². The van der Waals surface area contributed by atoms with Crippen LogP contribution in [-0.2, 0) is 11.2 Å². The number of hydrogen-bond acceptors (Lipinski definition) is 5. The molecule has 2 atom stereocenters. The summed E-state index contributed by atoms with van der Waals surface area (Å²) in [5.41, 5.74) is 13.7. The minimum absolute atomic E-state index is 0.181. The lowest BCUT2D eigenvalue weighted by Gasteiger charge is -2.14. The van der Waals surface area contributed by atoms with Crippen molar-refractivity contribution in [1.29, 1.82) is 0 Å². The molecule has 3 aromatic rings. The fourth-order valence-corrected chi connectivity index (χ4v) is 3.81. The van der Waals surface area contributed by atoms with Gasteiger partial charge in [-0.25, -0.2) is 4.98 Å². The van der Waals surface area contributed by atoms with Crippen LogP contribution in [0.5, 0.6) is 0 Å². The number of carbonyl (C=O) groups excluding carboxylic acids is 2. The molecule has 2 aromatic heterocycles. The number of benzene rings is 1. The monoisotopic (exact) mass is 385 g/mol. The second-order valence-electron chi connectivity index (χ2n) is 6.46. The van der Waals surface area contributed by atoms with Crippen molar-refractivity contribution in [2.45, 2.75) is 38.3 Å². The maximum atomic E-state index is 12.5. The van der Waals surface area contributed by atoms with Gasteiger partial charge < -0.3 is 21.8 Å². The molecule has 3 rings (SSSR count). The lowest BCUT2D eigenvalue weighted by molar-refractivity contribution is -0.119. The molecule has 0 saturated carbocycles. The zero-order valence-corrected chi connectivity index (χ0v) is 15.9. The predicted molar refractivity (Wildman–Crippen MR) is 106 cm³/mol. The normalized spacial score (nSPS) is 13.4. The molecule has 2 unspecified atom stereocenters. The zero-order valence-electron chi connectivity index (χ0n) is 15.1. The fourth-order valence-electron chi connectivity index (χ4n) is 2.97. The molecule has 0 aliphatic carbocycles. The topological polar surface area (TPSA) is 127 Å². The SMILES string of the molecule is CCCC(N)c1nc(C(=O)NC(Cc2c[nH]c3ccccc23)C(N)=O)cs1. The molecule has 0 aliphatic rings. The molecule has 2 heterocycles. The van der Waals surface area contributed by atoms with Crippen molar-refractivity contribution in [3.05, 3.63) is 52.1 Å². The Labute approximate surface area is 161 Å². The highest BCUT2D eigenvalue weighted by Gasteiger charge is 2.23. The summed E-state index contributed by atoms with van der Waals surface area (Å²) < 4.78 is 0. The van der Waals surface area contributed by atoms with Crippen LogP contribution < -0.4 is 16.8 Å². The highest BCUT2D eigenvalue weighted by Crippen LogP contribution is 2.21. The van der Waals surface area contributed by atoms with E-state index in [9.17, 15) is 9.59 Å². The Morgan fingerprint density at radius 2 is 2.11 bits per heavy atom. The summed E-state index contributed by atoms with van der Waals surface area (Å²) in [5.74, 6) is -1.02. The van der Waals surface area contributed by atoms with Crippen molar-refractivity contribution in [2.75, 3.05) is 0 Å². The number of aromatic nitrogens is 2. The van der Waals surface area contributed by atoms with Gasteiger partial charge in [0.15, 0.2) is 0 Å². The largest absolute Gasteiger partial charge is 0.368 e. The number of thiazole rings is 1. The van der Waals surface area contributed by atoms with Crippen LogP contribution in [0.3, 0.4) is 0 Å². The quantitative estimate of drug-likeness (QED) is 0.474. The second-order valence-corrected chi connectivity index (χ2v) is 7.35. The van der Waals surface area contributed by atoms with E-state index in [1.807, 2.05) is 37.4 Å². The van der Waals surface area contributed by atoms with Crippen LogP contribution in [0.4, 0.5) is 0 Å². The molecule has 0 radical (unpaired) electrons. The van der Waals surface area contributed by atoms with Gasteiger partial charge in [-0.05, 0) is 18.1 Å². The van der Waals surface area contributed by atoms with Crippen LogP contribution in [-0.4, -0.2) is 27.8 Å². The van der Waals surface area contributed by atoms with E-state index in [2.05, 4.69) is 15.3 Å². The van der Waals surface area contributed by atoms with E-state index in [1.165, 1.54) is 11.3 Å². The maximum Gasteiger partial charge on any atom is 0.271 e. The number of aromatic amines is 1. The van der Waals surface area contributed by atoms with Gasteiger partial charge in [-0.1, -0.05) is 31.5 Å². The van der Waals surface area contributed by atoms with Gasteiger partial charge in [0.1, 0.15) is 16.7 Å². The average Bonchev–Trinajstić information content (AvgIpc) is 3.29. The zero-order chi connectivity index (χ0) is 19.4. The number of nitrogens with one attached hydrogen (secondary N) is 2. The smallest absolute Gasteiger partial charge is 0.271 e. The third-order valence-corrected chi connectivity index (χ3v) is 5.40. The number of primary amides is 1. The molecule has 0 fully saturated rings. The van der Waals surface area contributed by atoms with Gasteiger partial charge in [0.25, 0.3) is 5.91 Å². The molecule has 0 aliphatic heterocycles. The molecule has 0 bridgehead atoms. The van der Waals surface area contributed by atoms with E-state index in [0.29, 0.717) is 11.4 Å². The number of H-pyrrole nitrogens is 1. The molecule has 142 valence electrons. The predicted octanol–water partition coefficient (Wildman–Crippen LogP) is 2.25. The molecule has 0 saturated heterocycles. The van der Waals surface area contributed by atoms with Crippen molar-refractivity contribution < 1.29 is 9.59 Å². The number of nitrogens with two attached hydrogens (primary N) is 2. The van der Waals surface area contributed by atoms with Crippen LogP contribution in [0.15, 0.2) is 35.8 Å². The molecule has 8 heteroatoms. The summed E-state index contributed by atoms with van der Waals surface area (Å²) in [6, 6.07) is 6.76. The van der Waals surface area contributed by atoms with Gasteiger partial charge in [0.05, 0.1) is 6.04 Å². The molecule has 2 amide bonds. The van der Waals surface area contributed by atoms with E-state index in [-0.39, 0.29) is 11.7 Å². The summed E-state index contributed by atoms with van der Waals surface area (Å²) in [4.78, 5) is 31.9. The first-order valence-electron chi connectivity index (χ1n) is 8.85. The van der Waals surface area contributed by atoms with Gasteiger partial charge in [-0.3, -0.25) is 9.59 Å². The van der Waals surface area contributed by atoms with Gasteiger partial charge in [0, 0.05) is 28.9 Å². The summed E-state index contributed by atoms with van der Waals surface area (Å²) in [5, 5.41) is 6.07. The second kappa shape index (κ2) is 8.32. The van der Waals surface area contributed by atoms with E-state index < -0.39 is 17.9 Å². The van der Waals surface area contributed by atoms with Crippen molar-refractivity contribution >= 4 is 34.1 Å². The first kappa shape index (κ1) is 19.1. The van der Waals surface area contributed by atoms with E-state index in [1.54, 1.807) is 5.38 Å². The minimum atomic E-state index is -0.828. The van der Waals surface area contributed by atoms with Gasteiger partial charge in [-0.15, -0.1) is 11.3 Å². The first-order valence-corrected chi connectivity index (χ1v) is 9.73. The van der Waals surface area contributed by atoms with Crippen molar-refractivity contribution in [2.24, 2.45) is 11.5 Å². The number of rotatable bonds is 8. The average molecular weight is 385 g/mol. The van der Waals surface area contributed by atoms with Crippen molar-refractivity contribution in [1.82, 2.24) is 15.3 Å². The Balaban J connectivity index is 1.73. The Bertz CT molecular complexity index is 948. The van der Waals surface area contributed by atoms with E-state index in [0.717, 1.165) is 29.3 Å². The summed E-state index contributed by atoms with van der Waals surface area (Å²) >= 11 is 1.35. The Morgan fingerprint density at radius 1 is 1.33 bits per heavy atom. The molecule has 0 spiro atoms. The van der Waals surface area contributed by atoms with Crippen molar-refractivity contribution in [3.8, 4) is 0 Å². The molecule has 6 N–H and O–H groups in total. The number of amides is 2. The number of fused-ring (bicyclic) bond motifs is 1. The summed E-state index contributed by atoms with van der Waals surface area (Å²) in [6.45, 7) is 2.04. The number of hydrogen-bond donors (Lipinski definition) is 4. The highest BCUT2D eigenvalue weighted by atomic mass is 32.1. The van der Waals surface area contributed by atoms with Crippen LogP contribution >= 0.6 is 11.3 Å². The van der Waals surface area contributed by atoms with Crippen LogP contribution in [0.2, 0.25) is 0 Å². The van der Waals surface area contributed by atoms with E-state index >= 15 is 0 Å².